The van der Waals surface area contributed by atoms with Crippen LogP contribution in [-0.2, 0) is 6.54 Å². The van der Waals surface area contributed by atoms with E-state index < -0.39 is 0 Å². The summed E-state index contributed by atoms with van der Waals surface area (Å²) in [7, 11) is 0. The molecule has 1 amide bonds. The van der Waals surface area contributed by atoms with Gasteiger partial charge in [0.1, 0.15) is 5.69 Å². The monoisotopic (exact) mass is 309 g/mol. The summed E-state index contributed by atoms with van der Waals surface area (Å²) in [5, 5.41) is 1.03. The van der Waals surface area contributed by atoms with E-state index in [-0.39, 0.29) is 5.91 Å². The van der Waals surface area contributed by atoms with Crippen molar-refractivity contribution in [3.05, 3.63) is 52.0 Å². The van der Waals surface area contributed by atoms with Gasteiger partial charge < -0.3 is 9.88 Å². The topological polar surface area (TPSA) is 49.0 Å². The Morgan fingerprint density at radius 2 is 2.15 bits per heavy atom. The van der Waals surface area contributed by atoms with Crippen LogP contribution >= 0.6 is 23.2 Å². The summed E-state index contributed by atoms with van der Waals surface area (Å²) in [4.78, 5) is 21.0. The molecule has 104 valence electrons. The van der Waals surface area contributed by atoms with Crippen LogP contribution in [-0.4, -0.2) is 26.8 Å². The molecule has 0 spiro atoms. The van der Waals surface area contributed by atoms with Crippen molar-refractivity contribution in [2.24, 2.45) is 0 Å². The Hall–Kier alpha value is -1.52. The highest BCUT2D eigenvalue weighted by molar-refractivity contribution is 6.42. The van der Waals surface area contributed by atoms with Crippen molar-refractivity contribution in [3.63, 3.8) is 0 Å². The molecule has 0 saturated heterocycles. The van der Waals surface area contributed by atoms with Crippen molar-refractivity contribution in [2.75, 3.05) is 0 Å². The van der Waals surface area contributed by atoms with Gasteiger partial charge in [0.05, 0.1) is 22.6 Å². The molecule has 1 aromatic heterocycles. The highest BCUT2D eigenvalue weighted by Crippen LogP contribution is 2.30. The first-order valence-electron chi connectivity index (χ1n) is 6.38. The summed E-state index contributed by atoms with van der Waals surface area (Å²) in [5.41, 5.74) is 1.48. The van der Waals surface area contributed by atoms with Gasteiger partial charge in [0.25, 0.3) is 5.91 Å². The number of rotatable bonds is 4. The second-order valence-electron chi connectivity index (χ2n) is 4.88. The average molecular weight is 310 g/mol. The van der Waals surface area contributed by atoms with E-state index >= 15 is 0 Å². The van der Waals surface area contributed by atoms with Gasteiger partial charge in [-0.25, -0.2) is 4.98 Å². The zero-order chi connectivity index (χ0) is 14.1. The number of aromatic amines is 1. The number of nitrogens with one attached hydrogen (secondary N) is 1. The lowest BCUT2D eigenvalue weighted by Crippen LogP contribution is -2.32. The Kier molecular flexibility index (Phi) is 3.68. The SMILES string of the molecule is O=C(c1cnc[nH]1)N(Cc1ccc(Cl)c(Cl)c1)C1CC1. The number of aromatic nitrogens is 2. The maximum absolute atomic E-state index is 12.4. The van der Waals surface area contributed by atoms with Crippen LogP contribution < -0.4 is 0 Å². The van der Waals surface area contributed by atoms with E-state index in [0.717, 1.165) is 18.4 Å². The molecule has 6 heteroatoms. The minimum Gasteiger partial charge on any atom is -0.341 e. The number of hydrogen-bond acceptors (Lipinski definition) is 2. The Bertz CT molecular complexity index is 623. The zero-order valence-electron chi connectivity index (χ0n) is 10.6. The number of benzene rings is 1. The van der Waals surface area contributed by atoms with Gasteiger partial charge in [-0.3, -0.25) is 4.79 Å². The molecule has 0 unspecified atom stereocenters. The molecule has 1 N–H and O–H groups in total. The Labute approximate surface area is 126 Å². The summed E-state index contributed by atoms with van der Waals surface area (Å²) in [6, 6.07) is 5.76. The fraction of sp³-hybridized carbons (Fsp3) is 0.286. The molecule has 1 aromatic carbocycles. The van der Waals surface area contributed by atoms with Crippen molar-refractivity contribution < 1.29 is 4.79 Å². The minimum absolute atomic E-state index is 0.0314. The lowest BCUT2D eigenvalue weighted by Gasteiger charge is -2.22. The number of hydrogen-bond donors (Lipinski definition) is 1. The lowest BCUT2D eigenvalue weighted by molar-refractivity contribution is 0.0724. The second kappa shape index (κ2) is 5.46. The number of imidazole rings is 1. The number of carbonyl (C=O) groups excluding carboxylic acids is 1. The molecule has 1 aliphatic carbocycles. The minimum atomic E-state index is -0.0314. The Balaban J connectivity index is 1.81. The average Bonchev–Trinajstić information content (AvgIpc) is 3.13. The van der Waals surface area contributed by atoms with Gasteiger partial charge in [-0.1, -0.05) is 29.3 Å². The maximum atomic E-state index is 12.4. The molecule has 4 nitrogen and oxygen atoms in total. The summed E-state index contributed by atoms with van der Waals surface area (Å²) >= 11 is 11.9. The molecule has 20 heavy (non-hydrogen) atoms. The molecule has 1 aliphatic rings. The van der Waals surface area contributed by atoms with E-state index in [9.17, 15) is 4.79 Å². The first-order valence-corrected chi connectivity index (χ1v) is 7.14. The smallest absolute Gasteiger partial charge is 0.272 e. The van der Waals surface area contributed by atoms with Crippen molar-refractivity contribution >= 4 is 29.1 Å². The predicted octanol–water partition coefficient (Wildman–Crippen LogP) is 3.52. The van der Waals surface area contributed by atoms with Crippen molar-refractivity contribution in [3.8, 4) is 0 Å². The maximum Gasteiger partial charge on any atom is 0.272 e. The van der Waals surface area contributed by atoms with Crippen LogP contribution in [0.2, 0.25) is 10.0 Å². The van der Waals surface area contributed by atoms with E-state index in [1.807, 2.05) is 11.0 Å². The van der Waals surface area contributed by atoms with Crippen molar-refractivity contribution in [1.82, 2.24) is 14.9 Å². The molecule has 1 heterocycles. The van der Waals surface area contributed by atoms with Crippen LogP contribution in [0.1, 0.15) is 28.9 Å². The van der Waals surface area contributed by atoms with E-state index in [2.05, 4.69) is 9.97 Å². The van der Waals surface area contributed by atoms with E-state index in [1.165, 1.54) is 6.33 Å². The third-order valence-electron chi connectivity index (χ3n) is 3.31. The molecule has 0 atom stereocenters. The molecular formula is C14H13Cl2N3O. The van der Waals surface area contributed by atoms with E-state index in [1.54, 1.807) is 18.3 Å². The van der Waals surface area contributed by atoms with Gasteiger partial charge in [0.15, 0.2) is 0 Å². The number of amides is 1. The third-order valence-corrected chi connectivity index (χ3v) is 4.05. The Morgan fingerprint density at radius 3 is 2.75 bits per heavy atom. The van der Waals surface area contributed by atoms with Crippen LogP contribution in [0, 0.1) is 0 Å². The van der Waals surface area contributed by atoms with Gasteiger partial charge in [0, 0.05) is 12.6 Å². The summed E-state index contributed by atoms with van der Waals surface area (Å²) in [5.74, 6) is -0.0314. The van der Waals surface area contributed by atoms with Gasteiger partial charge in [-0.05, 0) is 30.5 Å². The highest BCUT2D eigenvalue weighted by Gasteiger charge is 2.33. The van der Waals surface area contributed by atoms with Crippen LogP contribution in [0.3, 0.4) is 0 Å². The van der Waals surface area contributed by atoms with Crippen LogP contribution in [0.15, 0.2) is 30.7 Å². The molecular weight excluding hydrogens is 297 g/mol. The first-order chi connectivity index (χ1) is 9.65. The normalized spacial score (nSPS) is 14.3. The quantitative estimate of drug-likeness (QED) is 0.939. The van der Waals surface area contributed by atoms with Crippen molar-refractivity contribution in [1.29, 1.82) is 0 Å². The second-order valence-corrected chi connectivity index (χ2v) is 5.69. The molecule has 3 rings (SSSR count). The summed E-state index contributed by atoms with van der Waals surface area (Å²) < 4.78 is 0. The van der Waals surface area contributed by atoms with E-state index in [4.69, 9.17) is 23.2 Å². The zero-order valence-corrected chi connectivity index (χ0v) is 12.2. The van der Waals surface area contributed by atoms with Crippen LogP contribution in [0.5, 0.6) is 0 Å². The largest absolute Gasteiger partial charge is 0.341 e. The van der Waals surface area contributed by atoms with Gasteiger partial charge in [0.2, 0.25) is 0 Å². The van der Waals surface area contributed by atoms with Crippen LogP contribution in [0.4, 0.5) is 0 Å². The fourth-order valence-corrected chi connectivity index (χ4v) is 2.44. The number of carbonyl (C=O) groups is 1. The lowest BCUT2D eigenvalue weighted by atomic mass is 10.2. The van der Waals surface area contributed by atoms with Crippen LogP contribution in [0.25, 0.3) is 0 Å². The number of H-pyrrole nitrogens is 1. The summed E-state index contributed by atoms with van der Waals surface area (Å²) in [6.07, 6.45) is 5.15. The van der Waals surface area contributed by atoms with Crippen molar-refractivity contribution in [2.45, 2.75) is 25.4 Å². The van der Waals surface area contributed by atoms with Gasteiger partial charge >= 0.3 is 0 Å². The molecule has 2 aromatic rings. The molecule has 0 aliphatic heterocycles. The first kappa shape index (κ1) is 13.5. The molecule has 1 saturated carbocycles. The fourth-order valence-electron chi connectivity index (χ4n) is 2.12. The Morgan fingerprint density at radius 1 is 1.35 bits per heavy atom. The van der Waals surface area contributed by atoms with Gasteiger partial charge in [-0.15, -0.1) is 0 Å². The predicted molar refractivity (Wildman–Crippen MR) is 77.9 cm³/mol. The molecule has 0 bridgehead atoms. The standard InChI is InChI=1S/C14H13Cl2N3O/c15-11-4-1-9(5-12(11)16)7-19(10-2-3-10)14(20)13-6-17-8-18-13/h1,4-6,8,10H,2-3,7H2,(H,17,18). The molecule has 0 radical (unpaired) electrons. The number of nitrogens with zero attached hydrogens (tertiary/aromatic N) is 2. The highest BCUT2D eigenvalue weighted by atomic mass is 35.5. The molecule has 1 fully saturated rings. The van der Waals surface area contributed by atoms with E-state index in [0.29, 0.717) is 28.3 Å². The third kappa shape index (κ3) is 2.81. The summed E-state index contributed by atoms with van der Waals surface area (Å²) in [6.45, 7) is 0.527. The van der Waals surface area contributed by atoms with Gasteiger partial charge in [-0.2, -0.15) is 0 Å². The number of halogens is 2.